The van der Waals surface area contributed by atoms with E-state index in [2.05, 4.69) is 17.2 Å². The van der Waals surface area contributed by atoms with Crippen LogP contribution in [-0.4, -0.2) is 66.9 Å². The van der Waals surface area contributed by atoms with Crippen LogP contribution >= 0.6 is 0 Å². The van der Waals surface area contributed by atoms with Gasteiger partial charge in [-0.15, -0.1) is 6.58 Å². The normalized spacial score (nSPS) is 14.3. The van der Waals surface area contributed by atoms with Gasteiger partial charge in [0, 0.05) is 6.54 Å². The van der Waals surface area contributed by atoms with Crippen molar-refractivity contribution >= 4 is 23.7 Å². The van der Waals surface area contributed by atoms with E-state index in [1.54, 1.807) is 13.8 Å². The molecule has 4 N–H and O–H groups in total. The Balaban J connectivity index is 2.92. The number of carbonyl (C=O) groups is 4. The molecule has 0 saturated carbocycles. The summed E-state index contributed by atoms with van der Waals surface area (Å²) in [5.74, 6) is -2.36. The third-order valence-corrected chi connectivity index (χ3v) is 5.84. The maximum Gasteiger partial charge on any atom is 0.328 e. The molecule has 0 heterocycles. The number of esters is 1. The molecule has 0 fully saturated rings. The first-order valence-corrected chi connectivity index (χ1v) is 11.9. The number of hydrogen-bond acceptors (Lipinski definition) is 6. The average Bonchev–Trinajstić information content (AvgIpc) is 2.84. The van der Waals surface area contributed by atoms with Gasteiger partial charge in [-0.05, 0) is 23.8 Å². The molecule has 0 bridgehead atoms. The van der Waals surface area contributed by atoms with Crippen LogP contribution in [0.15, 0.2) is 43.0 Å². The number of rotatable bonds is 14. The number of ether oxygens (including phenoxy) is 1. The van der Waals surface area contributed by atoms with Crippen LogP contribution in [0, 0.1) is 11.8 Å². The van der Waals surface area contributed by atoms with Gasteiger partial charge >= 0.3 is 5.97 Å². The Hall–Kier alpha value is -3.20. The number of nitrogens with zero attached hydrogens (tertiary/aromatic N) is 1. The number of benzene rings is 1. The van der Waals surface area contributed by atoms with E-state index in [0.717, 1.165) is 5.56 Å². The fraction of sp³-hybridized carbons (Fsp3) is 0.538. The van der Waals surface area contributed by atoms with E-state index in [1.807, 2.05) is 44.2 Å². The monoisotopic (exact) mass is 488 g/mol. The van der Waals surface area contributed by atoms with Gasteiger partial charge in [-0.25, -0.2) is 4.79 Å². The summed E-state index contributed by atoms with van der Waals surface area (Å²) in [5, 5.41) is 5.42. The minimum absolute atomic E-state index is 0.132. The van der Waals surface area contributed by atoms with Crippen LogP contribution < -0.4 is 16.4 Å². The molecule has 0 aliphatic rings. The predicted octanol–water partition coefficient (Wildman–Crippen LogP) is 1.42. The van der Waals surface area contributed by atoms with Crippen molar-refractivity contribution in [3.05, 3.63) is 48.6 Å². The van der Waals surface area contributed by atoms with Crippen LogP contribution in [0.4, 0.5) is 0 Å². The Labute approximate surface area is 208 Å². The first-order chi connectivity index (χ1) is 16.5. The number of nitrogens with one attached hydrogen (secondary N) is 2. The highest BCUT2D eigenvalue weighted by atomic mass is 16.5. The number of carbonyl (C=O) groups excluding carboxylic acids is 4. The molecule has 4 atom stereocenters. The molecule has 0 radical (unpaired) electrons. The van der Waals surface area contributed by atoms with Crippen molar-refractivity contribution in [2.24, 2.45) is 17.6 Å². The first-order valence-electron chi connectivity index (χ1n) is 11.9. The summed E-state index contributed by atoms with van der Waals surface area (Å²) in [6.07, 6.45) is 2.46. The van der Waals surface area contributed by atoms with Crippen molar-refractivity contribution in [3.8, 4) is 0 Å². The van der Waals surface area contributed by atoms with Gasteiger partial charge in [-0.2, -0.15) is 0 Å². The molecule has 0 aliphatic carbocycles. The maximum atomic E-state index is 13.0. The van der Waals surface area contributed by atoms with Crippen molar-refractivity contribution in [2.45, 2.75) is 58.7 Å². The predicted molar refractivity (Wildman–Crippen MR) is 135 cm³/mol. The summed E-state index contributed by atoms with van der Waals surface area (Å²) in [6, 6.07) is 6.81. The highest BCUT2D eigenvalue weighted by molar-refractivity contribution is 5.93. The van der Waals surface area contributed by atoms with Gasteiger partial charge in [0.05, 0.1) is 19.7 Å². The SMILES string of the molecule is C=CCN(CC(=O)N[C@H](C(=O)N[C@H](C(=O)OC)C(C)C)[C@@H](C)CC)C(=O)[C@@H](N)Cc1ccccc1. The molecule has 0 unspecified atom stereocenters. The van der Waals surface area contributed by atoms with Gasteiger partial charge in [0.25, 0.3) is 0 Å². The third-order valence-electron chi connectivity index (χ3n) is 5.84. The van der Waals surface area contributed by atoms with Gasteiger partial charge in [0.1, 0.15) is 12.1 Å². The third kappa shape index (κ3) is 9.52. The Morgan fingerprint density at radius 2 is 1.71 bits per heavy atom. The zero-order valence-corrected chi connectivity index (χ0v) is 21.5. The Morgan fingerprint density at radius 1 is 1.09 bits per heavy atom. The van der Waals surface area contributed by atoms with Crippen LogP contribution in [0.2, 0.25) is 0 Å². The van der Waals surface area contributed by atoms with Crippen molar-refractivity contribution < 1.29 is 23.9 Å². The van der Waals surface area contributed by atoms with E-state index in [1.165, 1.54) is 18.1 Å². The van der Waals surface area contributed by atoms with E-state index in [4.69, 9.17) is 10.5 Å². The topological polar surface area (TPSA) is 131 Å². The van der Waals surface area contributed by atoms with E-state index >= 15 is 0 Å². The molecule has 3 amide bonds. The molecule has 1 aromatic rings. The largest absolute Gasteiger partial charge is 0.467 e. The molecule has 0 saturated heterocycles. The second-order valence-corrected chi connectivity index (χ2v) is 8.99. The van der Waals surface area contributed by atoms with Gasteiger partial charge in [-0.1, -0.05) is 70.5 Å². The van der Waals surface area contributed by atoms with Crippen LogP contribution in [0.1, 0.15) is 39.7 Å². The molecule has 194 valence electrons. The Kier molecular flexibility index (Phi) is 12.7. The minimum Gasteiger partial charge on any atom is -0.467 e. The lowest BCUT2D eigenvalue weighted by Crippen LogP contribution is -2.57. The Bertz CT molecular complexity index is 859. The smallest absolute Gasteiger partial charge is 0.328 e. The molecule has 35 heavy (non-hydrogen) atoms. The fourth-order valence-electron chi connectivity index (χ4n) is 3.54. The lowest BCUT2D eigenvalue weighted by molar-refractivity contribution is -0.147. The molecule has 9 nitrogen and oxygen atoms in total. The summed E-state index contributed by atoms with van der Waals surface area (Å²) in [5.41, 5.74) is 7.05. The van der Waals surface area contributed by atoms with Crippen molar-refractivity contribution in [3.63, 3.8) is 0 Å². The number of nitrogens with two attached hydrogens (primary N) is 1. The zero-order chi connectivity index (χ0) is 26.5. The first kappa shape index (κ1) is 29.8. The lowest BCUT2D eigenvalue weighted by atomic mass is 9.96. The molecule has 0 aromatic heterocycles. The summed E-state index contributed by atoms with van der Waals surface area (Å²) in [6.45, 7) is 10.8. The maximum absolute atomic E-state index is 13.0. The second kappa shape index (κ2) is 14.9. The summed E-state index contributed by atoms with van der Waals surface area (Å²) >= 11 is 0. The minimum atomic E-state index is -0.892. The summed E-state index contributed by atoms with van der Waals surface area (Å²) < 4.78 is 4.79. The second-order valence-electron chi connectivity index (χ2n) is 8.99. The zero-order valence-electron chi connectivity index (χ0n) is 21.5. The van der Waals surface area contributed by atoms with Crippen LogP contribution in [-0.2, 0) is 30.3 Å². The molecule has 1 aromatic carbocycles. The van der Waals surface area contributed by atoms with E-state index < -0.39 is 35.9 Å². The Morgan fingerprint density at radius 3 is 2.23 bits per heavy atom. The standard InChI is InChI=1S/C26H40N4O5/c1-7-14-30(25(33)20(27)15-19-12-10-9-11-13-19)16-21(31)28-23(18(5)8-2)24(32)29-22(17(3)4)26(34)35-6/h7,9-13,17-18,20,22-23H,1,8,14-16,27H2,2-6H3,(H,28,31)(H,29,32)/t18-,20-,22-,23-/m0/s1. The average molecular weight is 489 g/mol. The molecular formula is C26H40N4O5. The van der Waals surface area contributed by atoms with E-state index in [0.29, 0.717) is 12.8 Å². The highest BCUT2D eigenvalue weighted by Gasteiger charge is 2.32. The van der Waals surface area contributed by atoms with Crippen LogP contribution in [0.25, 0.3) is 0 Å². The van der Waals surface area contributed by atoms with Crippen molar-refractivity contribution in [1.29, 1.82) is 0 Å². The quantitative estimate of drug-likeness (QED) is 0.268. The van der Waals surface area contributed by atoms with Crippen LogP contribution in [0.5, 0.6) is 0 Å². The molecule has 9 heteroatoms. The molecular weight excluding hydrogens is 448 g/mol. The van der Waals surface area contributed by atoms with Crippen molar-refractivity contribution in [2.75, 3.05) is 20.2 Å². The molecule has 0 spiro atoms. The van der Waals surface area contributed by atoms with E-state index in [9.17, 15) is 19.2 Å². The van der Waals surface area contributed by atoms with Gasteiger partial charge in [-0.3, -0.25) is 14.4 Å². The van der Waals surface area contributed by atoms with E-state index in [-0.39, 0.29) is 30.8 Å². The molecule has 0 aliphatic heterocycles. The highest BCUT2D eigenvalue weighted by Crippen LogP contribution is 2.11. The summed E-state index contributed by atoms with van der Waals surface area (Å²) in [7, 11) is 1.26. The van der Waals surface area contributed by atoms with Gasteiger partial charge < -0.3 is 26.0 Å². The van der Waals surface area contributed by atoms with Crippen LogP contribution in [0.3, 0.4) is 0 Å². The van der Waals surface area contributed by atoms with Gasteiger partial charge in [0.2, 0.25) is 17.7 Å². The number of hydrogen-bond donors (Lipinski definition) is 3. The number of methoxy groups -OCH3 is 1. The van der Waals surface area contributed by atoms with Gasteiger partial charge in [0.15, 0.2) is 0 Å². The van der Waals surface area contributed by atoms with Crippen molar-refractivity contribution in [1.82, 2.24) is 15.5 Å². The fourth-order valence-corrected chi connectivity index (χ4v) is 3.54. The lowest BCUT2D eigenvalue weighted by Gasteiger charge is -2.29. The number of amides is 3. The molecule has 1 rings (SSSR count). The summed E-state index contributed by atoms with van der Waals surface area (Å²) in [4.78, 5) is 52.3.